The van der Waals surface area contributed by atoms with Gasteiger partial charge in [0.1, 0.15) is 11.5 Å². The molecule has 5 nitrogen and oxygen atoms in total. The summed E-state index contributed by atoms with van der Waals surface area (Å²) in [6.07, 6.45) is 1.77. The van der Waals surface area contributed by atoms with E-state index in [1.165, 1.54) is 6.07 Å². The van der Waals surface area contributed by atoms with Crippen LogP contribution in [0.25, 0.3) is 21.8 Å². The smallest absolute Gasteiger partial charge is 0.272 e. The molecule has 0 radical (unpaired) electrons. The van der Waals surface area contributed by atoms with Crippen molar-refractivity contribution in [2.45, 2.75) is 13.5 Å². The molecule has 0 bridgehead atoms. The first-order valence-electron chi connectivity index (χ1n) is 9.67. The monoisotopic (exact) mass is 398 g/mol. The molecule has 0 aliphatic heterocycles. The number of carbonyl (C=O) groups excluding carboxylic acids is 1. The summed E-state index contributed by atoms with van der Waals surface area (Å²) >= 11 is 0. The third-order valence-corrected chi connectivity index (χ3v) is 5.35. The highest BCUT2D eigenvalue weighted by Crippen LogP contribution is 2.25. The fourth-order valence-electron chi connectivity index (χ4n) is 3.86. The lowest BCUT2D eigenvalue weighted by molar-refractivity contribution is 0.101. The van der Waals surface area contributed by atoms with E-state index >= 15 is 0 Å². The van der Waals surface area contributed by atoms with Crippen LogP contribution in [-0.4, -0.2) is 20.7 Å². The number of carbonyl (C=O) groups is 1. The summed E-state index contributed by atoms with van der Waals surface area (Å²) < 4.78 is 16.2. The molecular formula is C24H19FN4O. The van der Waals surface area contributed by atoms with E-state index in [0.29, 0.717) is 16.9 Å². The summed E-state index contributed by atoms with van der Waals surface area (Å²) in [6, 6.07) is 20.0. The van der Waals surface area contributed by atoms with E-state index in [4.69, 9.17) is 0 Å². The van der Waals surface area contributed by atoms with Crippen LogP contribution in [-0.2, 0) is 6.54 Å². The molecule has 0 atom stereocenters. The zero-order valence-corrected chi connectivity index (χ0v) is 16.3. The first kappa shape index (κ1) is 18.1. The number of aryl methyl sites for hydroxylation is 1. The Morgan fingerprint density at radius 3 is 2.77 bits per heavy atom. The predicted molar refractivity (Wildman–Crippen MR) is 116 cm³/mol. The topological polar surface area (TPSA) is 62.7 Å². The number of rotatable bonds is 4. The highest BCUT2D eigenvalue weighted by Gasteiger charge is 2.17. The van der Waals surface area contributed by atoms with Gasteiger partial charge in [0.15, 0.2) is 0 Å². The van der Waals surface area contributed by atoms with Gasteiger partial charge in [-0.25, -0.2) is 4.39 Å². The number of hydrogen-bond acceptors (Lipinski definition) is 2. The molecule has 0 spiro atoms. The first-order chi connectivity index (χ1) is 14.6. The van der Waals surface area contributed by atoms with Crippen molar-refractivity contribution in [3.05, 3.63) is 95.6 Å². The van der Waals surface area contributed by atoms with Crippen molar-refractivity contribution in [1.82, 2.24) is 14.8 Å². The molecule has 2 heterocycles. The summed E-state index contributed by atoms with van der Waals surface area (Å²) in [5, 5.41) is 11.9. The number of H-pyrrole nitrogens is 1. The Labute approximate surface area is 172 Å². The standard InChI is InChI=1S/C24H19FN4O/c1-15-10-18(12-21-19(15)13-26-28-21)27-24(30)23-11-16-6-3-5-9-22(16)29(23)14-17-7-2-4-8-20(17)25/h2-13H,14H2,1H3,(H,26,28)(H,27,30). The minimum absolute atomic E-state index is 0.249. The number of para-hydroxylation sites is 1. The Kier molecular flexibility index (Phi) is 4.32. The fourth-order valence-corrected chi connectivity index (χ4v) is 3.86. The maximum atomic E-state index is 14.3. The lowest BCUT2D eigenvalue weighted by Crippen LogP contribution is -2.18. The lowest BCUT2D eigenvalue weighted by Gasteiger charge is -2.12. The largest absolute Gasteiger partial charge is 0.332 e. The van der Waals surface area contributed by atoms with Gasteiger partial charge in [-0.05, 0) is 42.8 Å². The molecule has 2 N–H and O–H groups in total. The van der Waals surface area contributed by atoms with Crippen molar-refractivity contribution in [3.63, 3.8) is 0 Å². The van der Waals surface area contributed by atoms with Crippen LogP contribution < -0.4 is 5.32 Å². The minimum Gasteiger partial charge on any atom is -0.332 e. The van der Waals surface area contributed by atoms with Gasteiger partial charge in [0.2, 0.25) is 0 Å². The molecule has 0 unspecified atom stereocenters. The fraction of sp³-hybridized carbons (Fsp3) is 0.0833. The van der Waals surface area contributed by atoms with E-state index in [0.717, 1.165) is 27.4 Å². The molecule has 3 aromatic carbocycles. The van der Waals surface area contributed by atoms with Gasteiger partial charge in [-0.1, -0.05) is 36.4 Å². The second-order valence-corrected chi connectivity index (χ2v) is 7.34. The molecule has 0 saturated carbocycles. The van der Waals surface area contributed by atoms with Crippen LogP contribution in [0.5, 0.6) is 0 Å². The van der Waals surface area contributed by atoms with Crippen LogP contribution in [0.15, 0.2) is 72.9 Å². The third-order valence-electron chi connectivity index (χ3n) is 5.35. The summed E-state index contributed by atoms with van der Waals surface area (Å²) in [7, 11) is 0. The van der Waals surface area contributed by atoms with Gasteiger partial charge in [0.05, 0.1) is 18.3 Å². The minimum atomic E-state index is -0.290. The van der Waals surface area contributed by atoms with Crippen molar-refractivity contribution in [1.29, 1.82) is 0 Å². The number of aromatic nitrogens is 3. The van der Waals surface area contributed by atoms with Gasteiger partial charge >= 0.3 is 0 Å². The van der Waals surface area contributed by atoms with E-state index in [1.54, 1.807) is 24.4 Å². The Balaban J connectivity index is 1.55. The van der Waals surface area contributed by atoms with E-state index in [9.17, 15) is 9.18 Å². The Bertz CT molecular complexity index is 1400. The zero-order chi connectivity index (χ0) is 20.7. The Hall–Kier alpha value is -3.93. The lowest BCUT2D eigenvalue weighted by atomic mass is 10.1. The van der Waals surface area contributed by atoms with E-state index < -0.39 is 0 Å². The van der Waals surface area contributed by atoms with Gasteiger partial charge in [0.25, 0.3) is 5.91 Å². The third kappa shape index (κ3) is 3.12. The van der Waals surface area contributed by atoms with Crippen molar-refractivity contribution >= 4 is 33.4 Å². The van der Waals surface area contributed by atoms with Gasteiger partial charge in [-0.15, -0.1) is 0 Å². The molecule has 0 aliphatic rings. The van der Waals surface area contributed by atoms with E-state index in [2.05, 4.69) is 15.5 Å². The molecule has 5 aromatic rings. The normalized spacial score (nSPS) is 11.3. The van der Waals surface area contributed by atoms with E-state index in [1.807, 2.05) is 54.0 Å². The molecule has 5 rings (SSSR count). The summed E-state index contributed by atoms with van der Waals surface area (Å²) in [5.41, 5.74) is 4.44. The number of anilines is 1. The second kappa shape index (κ2) is 7.15. The predicted octanol–water partition coefficient (Wildman–Crippen LogP) is 5.27. The van der Waals surface area contributed by atoms with Crippen molar-refractivity contribution in [3.8, 4) is 0 Å². The molecule has 2 aromatic heterocycles. The van der Waals surface area contributed by atoms with Gasteiger partial charge in [-0.2, -0.15) is 5.10 Å². The molecule has 0 saturated heterocycles. The van der Waals surface area contributed by atoms with Gasteiger partial charge < -0.3 is 9.88 Å². The summed E-state index contributed by atoms with van der Waals surface area (Å²) in [5.74, 6) is -0.539. The van der Waals surface area contributed by atoms with Crippen LogP contribution >= 0.6 is 0 Å². The number of hydrogen-bond donors (Lipinski definition) is 2. The maximum absolute atomic E-state index is 14.3. The number of nitrogens with zero attached hydrogens (tertiary/aromatic N) is 2. The van der Waals surface area contributed by atoms with Gasteiger partial charge in [0, 0.05) is 27.5 Å². The Morgan fingerprint density at radius 2 is 1.90 bits per heavy atom. The number of halogens is 1. The highest BCUT2D eigenvalue weighted by molar-refractivity contribution is 6.07. The average molecular weight is 398 g/mol. The number of nitrogens with one attached hydrogen (secondary N) is 2. The molecule has 0 aliphatic carbocycles. The average Bonchev–Trinajstić information content (AvgIpc) is 3.35. The first-order valence-corrected chi connectivity index (χ1v) is 9.67. The number of benzene rings is 3. The SMILES string of the molecule is Cc1cc(NC(=O)c2cc3ccccc3n2Cc2ccccc2F)cc2[nH]ncc12. The van der Waals surface area contributed by atoms with Crippen molar-refractivity contribution in [2.75, 3.05) is 5.32 Å². The molecule has 6 heteroatoms. The molecule has 148 valence electrons. The van der Waals surface area contributed by atoms with Crippen LogP contribution in [0.1, 0.15) is 21.6 Å². The highest BCUT2D eigenvalue weighted by atomic mass is 19.1. The molecule has 1 amide bonds. The van der Waals surface area contributed by atoms with Crippen LogP contribution in [0, 0.1) is 12.7 Å². The van der Waals surface area contributed by atoms with Gasteiger partial charge in [-0.3, -0.25) is 9.89 Å². The number of amides is 1. The zero-order valence-electron chi connectivity index (χ0n) is 16.3. The summed E-state index contributed by atoms with van der Waals surface area (Å²) in [6.45, 7) is 2.24. The van der Waals surface area contributed by atoms with Crippen molar-refractivity contribution < 1.29 is 9.18 Å². The van der Waals surface area contributed by atoms with Crippen LogP contribution in [0.3, 0.4) is 0 Å². The number of fused-ring (bicyclic) bond motifs is 2. The molecular weight excluding hydrogens is 379 g/mol. The maximum Gasteiger partial charge on any atom is 0.272 e. The van der Waals surface area contributed by atoms with E-state index in [-0.39, 0.29) is 18.3 Å². The summed E-state index contributed by atoms with van der Waals surface area (Å²) in [4.78, 5) is 13.2. The van der Waals surface area contributed by atoms with Crippen LogP contribution in [0.2, 0.25) is 0 Å². The second-order valence-electron chi connectivity index (χ2n) is 7.34. The molecule has 30 heavy (non-hydrogen) atoms. The Morgan fingerprint density at radius 1 is 1.10 bits per heavy atom. The number of aromatic amines is 1. The quantitative estimate of drug-likeness (QED) is 0.433. The molecule has 0 fully saturated rings. The van der Waals surface area contributed by atoms with Crippen LogP contribution in [0.4, 0.5) is 10.1 Å². The van der Waals surface area contributed by atoms with Crippen molar-refractivity contribution in [2.24, 2.45) is 0 Å².